The number of rotatable bonds is 4. The lowest BCUT2D eigenvalue weighted by Gasteiger charge is -2.06. The van der Waals surface area contributed by atoms with Crippen LogP contribution in [0.2, 0.25) is 0 Å². The zero-order valence-electron chi connectivity index (χ0n) is 9.17. The van der Waals surface area contributed by atoms with Crippen LogP contribution >= 0.6 is 27.7 Å². The molecule has 1 heterocycles. The Morgan fingerprint density at radius 2 is 2.28 bits per heavy atom. The molecular formula is C11H9BrN2O3S. The summed E-state index contributed by atoms with van der Waals surface area (Å²) in [6, 6.07) is 5.43. The van der Waals surface area contributed by atoms with Crippen LogP contribution in [0.15, 0.2) is 33.8 Å². The van der Waals surface area contributed by atoms with Gasteiger partial charge in [-0.1, -0.05) is 15.9 Å². The van der Waals surface area contributed by atoms with Gasteiger partial charge in [-0.25, -0.2) is 4.98 Å². The van der Waals surface area contributed by atoms with E-state index in [1.807, 2.05) is 6.07 Å². The summed E-state index contributed by atoms with van der Waals surface area (Å²) < 4.78 is 0.836. The van der Waals surface area contributed by atoms with Crippen LogP contribution in [0.25, 0.3) is 10.9 Å². The number of aromatic nitrogens is 1. The summed E-state index contributed by atoms with van der Waals surface area (Å²) >= 11 is 4.60. The van der Waals surface area contributed by atoms with Crippen molar-refractivity contribution in [1.29, 1.82) is 0 Å². The van der Waals surface area contributed by atoms with Crippen LogP contribution in [-0.2, 0) is 0 Å². The molecule has 0 saturated heterocycles. The smallest absolute Gasteiger partial charge is 0.301 e. The van der Waals surface area contributed by atoms with Crippen LogP contribution < -0.4 is 0 Å². The molecule has 2 rings (SSSR count). The van der Waals surface area contributed by atoms with Crippen molar-refractivity contribution in [2.75, 3.05) is 12.4 Å². The third-order valence-corrected chi connectivity index (χ3v) is 3.89. The molecule has 18 heavy (non-hydrogen) atoms. The third kappa shape index (κ3) is 2.63. The molecule has 0 aliphatic heterocycles. The fraction of sp³-hybridized carbons (Fsp3) is 0.182. The van der Waals surface area contributed by atoms with E-state index >= 15 is 0 Å². The molecule has 0 aliphatic carbocycles. The summed E-state index contributed by atoms with van der Waals surface area (Å²) in [4.78, 5) is 15.2. The average Bonchev–Trinajstić information content (AvgIpc) is 2.35. The van der Waals surface area contributed by atoms with Gasteiger partial charge in [0.2, 0.25) is 0 Å². The molecular weight excluding hydrogens is 320 g/mol. The molecule has 7 heteroatoms. The fourth-order valence-corrected chi connectivity index (χ4v) is 2.81. The van der Waals surface area contributed by atoms with Crippen molar-refractivity contribution >= 4 is 44.3 Å². The SMILES string of the molecule is O=[N+]([O-])c1cnc2ccc(Br)cc2c1SCCO. The predicted octanol–water partition coefficient (Wildman–Crippen LogP) is 2.99. The third-order valence-electron chi connectivity index (χ3n) is 2.30. The Morgan fingerprint density at radius 3 is 2.94 bits per heavy atom. The van der Waals surface area contributed by atoms with E-state index < -0.39 is 4.92 Å². The Kier molecular flexibility index (Phi) is 4.15. The van der Waals surface area contributed by atoms with Crippen LogP contribution in [0.1, 0.15) is 0 Å². The molecule has 0 fully saturated rings. The number of aliphatic hydroxyl groups is 1. The van der Waals surface area contributed by atoms with Crippen LogP contribution in [0.4, 0.5) is 5.69 Å². The molecule has 0 bridgehead atoms. The summed E-state index contributed by atoms with van der Waals surface area (Å²) in [6.07, 6.45) is 1.26. The van der Waals surface area contributed by atoms with Gasteiger partial charge in [0.25, 0.3) is 0 Å². The fourth-order valence-electron chi connectivity index (χ4n) is 1.56. The second-order valence-corrected chi connectivity index (χ2v) is 5.48. The van der Waals surface area contributed by atoms with Gasteiger partial charge >= 0.3 is 5.69 Å². The van der Waals surface area contributed by atoms with Gasteiger partial charge < -0.3 is 5.11 Å². The quantitative estimate of drug-likeness (QED) is 0.530. The number of pyridine rings is 1. The topological polar surface area (TPSA) is 76.3 Å². The summed E-state index contributed by atoms with van der Waals surface area (Å²) in [5, 5.41) is 20.6. The zero-order valence-corrected chi connectivity index (χ0v) is 11.6. The van der Waals surface area contributed by atoms with Crippen LogP contribution in [0, 0.1) is 10.1 Å². The maximum atomic E-state index is 11.0. The summed E-state index contributed by atoms with van der Waals surface area (Å²) in [6.45, 7) is -0.0281. The van der Waals surface area contributed by atoms with Crippen LogP contribution in [0.5, 0.6) is 0 Å². The molecule has 1 N–H and O–H groups in total. The van der Waals surface area contributed by atoms with E-state index in [1.165, 1.54) is 18.0 Å². The molecule has 0 radical (unpaired) electrons. The number of nitro groups is 1. The van der Waals surface area contributed by atoms with Crippen molar-refractivity contribution in [3.8, 4) is 0 Å². The van der Waals surface area contributed by atoms with Gasteiger partial charge in [0, 0.05) is 15.6 Å². The number of thioether (sulfide) groups is 1. The van der Waals surface area contributed by atoms with Gasteiger partial charge in [-0.15, -0.1) is 11.8 Å². The molecule has 2 aromatic rings. The number of nitrogens with zero attached hydrogens (tertiary/aromatic N) is 2. The monoisotopic (exact) mass is 328 g/mol. The van der Waals surface area contributed by atoms with E-state index in [1.54, 1.807) is 12.1 Å². The Balaban J connectivity index is 2.66. The number of benzene rings is 1. The molecule has 0 atom stereocenters. The van der Waals surface area contributed by atoms with E-state index in [2.05, 4.69) is 20.9 Å². The van der Waals surface area contributed by atoms with Gasteiger partial charge in [-0.2, -0.15) is 0 Å². The second kappa shape index (κ2) is 5.64. The van der Waals surface area contributed by atoms with Crippen molar-refractivity contribution in [2.24, 2.45) is 0 Å². The first-order valence-electron chi connectivity index (χ1n) is 5.10. The molecule has 5 nitrogen and oxygen atoms in total. The minimum Gasteiger partial charge on any atom is -0.396 e. The van der Waals surface area contributed by atoms with Crippen molar-refractivity contribution < 1.29 is 10.0 Å². The molecule has 0 aliphatic rings. The van der Waals surface area contributed by atoms with Crippen molar-refractivity contribution in [2.45, 2.75) is 4.90 Å². The van der Waals surface area contributed by atoms with E-state index in [0.29, 0.717) is 16.2 Å². The standard InChI is InChI=1S/C11H9BrN2O3S/c12-7-1-2-9-8(5-7)11(18-4-3-15)10(6-13-9)14(16)17/h1-2,5-6,15H,3-4H2. The van der Waals surface area contributed by atoms with Crippen LogP contribution in [0.3, 0.4) is 0 Å². The highest BCUT2D eigenvalue weighted by Crippen LogP contribution is 2.35. The lowest BCUT2D eigenvalue weighted by atomic mass is 10.2. The molecule has 0 unspecified atom stereocenters. The van der Waals surface area contributed by atoms with Gasteiger partial charge in [0.05, 0.1) is 21.9 Å². The maximum absolute atomic E-state index is 11.0. The summed E-state index contributed by atoms with van der Waals surface area (Å²) in [5.74, 6) is 0.409. The Morgan fingerprint density at radius 1 is 1.50 bits per heavy atom. The van der Waals surface area contributed by atoms with Gasteiger partial charge in [-0.3, -0.25) is 10.1 Å². The van der Waals surface area contributed by atoms with E-state index in [-0.39, 0.29) is 12.3 Å². The normalized spacial score (nSPS) is 10.8. The van der Waals surface area contributed by atoms with E-state index in [4.69, 9.17) is 5.11 Å². The van der Waals surface area contributed by atoms with E-state index in [9.17, 15) is 10.1 Å². The van der Waals surface area contributed by atoms with Gasteiger partial charge in [0.15, 0.2) is 0 Å². The maximum Gasteiger partial charge on any atom is 0.301 e. The molecule has 94 valence electrons. The molecule has 1 aromatic heterocycles. The first-order chi connectivity index (χ1) is 8.63. The van der Waals surface area contributed by atoms with Crippen molar-refractivity contribution in [1.82, 2.24) is 4.98 Å². The number of hydrogen-bond donors (Lipinski definition) is 1. The highest BCUT2D eigenvalue weighted by Gasteiger charge is 2.18. The number of halogens is 1. The Bertz CT molecular complexity index is 606. The number of hydrogen-bond acceptors (Lipinski definition) is 5. The van der Waals surface area contributed by atoms with Crippen molar-refractivity contribution in [3.63, 3.8) is 0 Å². The average molecular weight is 329 g/mol. The Labute approximate surface area is 116 Å². The van der Waals surface area contributed by atoms with Crippen LogP contribution in [-0.4, -0.2) is 27.4 Å². The van der Waals surface area contributed by atoms with Crippen molar-refractivity contribution in [3.05, 3.63) is 39.0 Å². The molecule has 0 spiro atoms. The highest BCUT2D eigenvalue weighted by molar-refractivity contribution is 9.10. The van der Waals surface area contributed by atoms with Gasteiger partial charge in [-0.05, 0) is 18.2 Å². The lowest BCUT2D eigenvalue weighted by Crippen LogP contribution is -1.96. The first kappa shape index (κ1) is 13.3. The first-order valence-corrected chi connectivity index (χ1v) is 6.87. The van der Waals surface area contributed by atoms with Gasteiger partial charge in [0.1, 0.15) is 6.20 Å². The molecule has 1 aromatic carbocycles. The lowest BCUT2D eigenvalue weighted by molar-refractivity contribution is -0.387. The zero-order chi connectivity index (χ0) is 13.1. The predicted molar refractivity (Wildman–Crippen MR) is 73.9 cm³/mol. The minimum atomic E-state index is -0.451. The number of fused-ring (bicyclic) bond motifs is 1. The summed E-state index contributed by atoms with van der Waals surface area (Å²) in [7, 11) is 0. The Hall–Kier alpha value is -1.18. The molecule has 0 saturated carbocycles. The molecule has 0 amide bonds. The summed E-state index contributed by atoms with van der Waals surface area (Å²) in [5.41, 5.74) is 0.670. The highest BCUT2D eigenvalue weighted by atomic mass is 79.9. The largest absolute Gasteiger partial charge is 0.396 e. The minimum absolute atomic E-state index is 0.0281. The van der Waals surface area contributed by atoms with E-state index in [0.717, 1.165) is 9.86 Å². The number of aliphatic hydroxyl groups excluding tert-OH is 1. The second-order valence-electron chi connectivity index (χ2n) is 3.46.